The summed E-state index contributed by atoms with van der Waals surface area (Å²) in [4.78, 5) is 49.6. The smallest absolute Gasteiger partial charge is 0.319 e. The summed E-state index contributed by atoms with van der Waals surface area (Å²) >= 11 is 0.909. The molecule has 28 heavy (non-hydrogen) atoms. The van der Waals surface area contributed by atoms with Gasteiger partial charge in [-0.25, -0.2) is 0 Å². The lowest BCUT2D eigenvalue weighted by atomic mass is 9.87. The molecule has 0 aliphatic carbocycles. The minimum atomic E-state index is -1.41. The number of carbonyl (C=O) groups excluding carboxylic acids is 3. The van der Waals surface area contributed by atoms with Crippen LogP contribution in [0.5, 0.6) is 0 Å². The number of benzene rings is 1. The molecule has 3 amide bonds. The average molecular weight is 399 g/mol. The first-order valence-corrected chi connectivity index (χ1v) is 9.26. The molecule has 1 aliphatic rings. The van der Waals surface area contributed by atoms with Crippen LogP contribution in [-0.2, 0) is 20.8 Å². The summed E-state index contributed by atoms with van der Waals surface area (Å²) in [7, 11) is 0. The average Bonchev–Trinajstić information content (AvgIpc) is 3.09. The van der Waals surface area contributed by atoms with Crippen molar-refractivity contribution in [2.75, 3.05) is 0 Å². The number of imide groups is 1. The van der Waals surface area contributed by atoms with Crippen molar-refractivity contribution < 1.29 is 19.3 Å². The van der Waals surface area contributed by atoms with Crippen LogP contribution in [0.4, 0.5) is 5.00 Å². The molecule has 2 aromatic rings. The third-order valence-electron chi connectivity index (χ3n) is 4.51. The van der Waals surface area contributed by atoms with E-state index in [2.05, 4.69) is 5.32 Å². The highest BCUT2D eigenvalue weighted by Gasteiger charge is 2.49. The number of nitro groups is 1. The van der Waals surface area contributed by atoms with Gasteiger partial charge in [-0.15, -0.1) is 0 Å². The Balaban J connectivity index is 2.01. The molecule has 144 valence electrons. The van der Waals surface area contributed by atoms with Gasteiger partial charge in [0.05, 0.1) is 10.5 Å². The zero-order chi connectivity index (χ0) is 20.5. The Bertz CT molecular complexity index is 998. The SMILES string of the molecule is CC(=O)N1C(=O)C(=Cc2ccsc2[N+](=O)[O-])NC(=O)C1(C)Cc1ccccc1. The summed E-state index contributed by atoms with van der Waals surface area (Å²) in [6.45, 7) is 2.74. The molecule has 8 nitrogen and oxygen atoms in total. The molecule has 1 fully saturated rings. The van der Waals surface area contributed by atoms with E-state index >= 15 is 0 Å². The first kappa shape index (κ1) is 19.4. The minimum Gasteiger partial charge on any atom is -0.319 e. The van der Waals surface area contributed by atoms with Crippen molar-refractivity contribution in [3.63, 3.8) is 0 Å². The number of hydrogen-bond acceptors (Lipinski definition) is 6. The fourth-order valence-corrected chi connectivity index (χ4v) is 3.92. The Kier molecular flexibility index (Phi) is 5.10. The molecule has 1 aromatic carbocycles. The highest BCUT2D eigenvalue weighted by molar-refractivity contribution is 7.13. The molecular weight excluding hydrogens is 382 g/mol. The molecule has 3 rings (SSSR count). The molecule has 9 heteroatoms. The van der Waals surface area contributed by atoms with Gasteiger partial charge in [0.2, 0.25) is 5.91 Å². The first-order valence-electron chi connectivity index (χ1n) is 8.38. The second-order valence-corrected chi connectivity index (χ2v) is 7.44. The van der Waals surface area contributed by atoms with E-state index < -0.39 is 28.2 Å². The summed E-state index contributed by atoms with van der Waals surface area (Å²) in [5.41, 5.74) is -0.608. The largest absolute Gasteiger partial charge is 0.331 e. The molecule has 1 aromatic heterocycles. The van der Waals surface area contributed by atoms with Crippen LogP contribution >= 0.6 is 11.3 Å². The highest BCUT2D eigenvalue weighted by atomic mass is 32.1. The van der Waals surface area contributed by atoms with Crippen LogP contribution in [-0.4, -0.2) is 33.1 Å². The van der Waals surface area contributed by atoms with E-state index in [4.69, 9.17) is 0 Å². The molecule has 0 saturated carbocycles. The normalized spacial score (nSPS) is 20.9. The maximum Gasteiger partial charge on any atom is 0.331 e. The third kappa shape index (κ3) is 3.44. The topological polar surface area (TPSA) is 110 Å². The van der Waals surface area contributed by atoms with Gasteiger partial charge in [-0.05, 0) is 30.0 Å². The van der Waals surface area contributed by atoms with Crippen molar-refractivity contribution in [3.8, 4) is 0 Å². The van der Waals surface area contributed by atoms with Crippen LogP contribution in [0.25, 0.3) is 6.08 Å². The van der Waals surface area contributed by atoms with E-state index in [9.17, 15) is 24.5 Å². The lowest BCUT2D eigenvalue weighted by Crippen LogP contribution is -2.67. The predicted molar refractivity (Wildman–Crippen MR) is 103 cm³/mol. The number of amides is 3. The molecule has 1 N–H and O–H groups in total. The molecular formula is C19H17N3O5S. The fraction of sp³-hybridized carbons (Fsp3) is 0.211. The Labute approximate surface area is 164 Å². The lowest BCUT2D eigenvalue weighted by molar-refractivity contribution is -0.380. The van der Waals surface area contributed by atoms with Gasteiger partial charge in [-0.2, -0.15) is 0 Å². The van der Waals surface area contributed by atoms with Crippen LogP contribution in [0.15, 0.2) is 47.5 Å². The predicted octanol–water partition coefficient (Wildman–Crippen LogP) is 2.50. The quantitative estimate of drug-likeness (QED) is 0.483. The van der Waals surface area contributed by atoms with E-state index in [1.807, 2.05) is 6.07 Å². The van der Waals surface area contributed by atoms with Crippen molar-refractivity contribution >= 4 is 40.1 Å². The molecule has 0 spiro atoms. The number of nitrogens with zero attached hydrogens (tertiary/aromatic N) is 2. The van der Waals surface area contributed by atoms with Crippen molar-refractivity contribution in [2.45, 2.75) is 25.8 Å². The molecule has 1 unspecified atom stereocenters. The standard InChI is InChI=1S/C19H17N3O5S/c1-12(23)21-16(24)15(10-14-8-9-28-17(14)22(26)27)20-18(25)19(21,2)11-13-6-4-3-5-7-13/h3-10H,11H2,1-2H3,(H,20,25). The number of carbonyl (C=O) groups is 3. The summed E-state index contributed by atoms with van der Waals surface area (Å²) in [6.07, 6.45) is 1.38. The Morgan fingerprint density at radius 1 is 1.29 bits per heavy atom. The van der Waals surface area contributed by atoms with Crippen molar-refractivity contribution in [3.05, 3.63) is 68.7 Å². The van der Waals surface area contributed by atoms with Crippen molar-refractivity contribution in [1.29, 1.82) is 0 Å². The number of piperazine rings is 1. The molecule has 1 saturated heterocycles. The van der Waals surface area contributed by atoms with Crippen LogP contribution in [0.3, 0.4) is 0 Å². The van der Waals surface area contributed by atoms with Gasteiger partial charge in [0.1, 0.15) is 11.2 Å². The molecule has 1 atom stereocenters. The summed E-state index contributed by atoms with van der Waals surface area (Å²) in [5, 5.41) is 15.0. The summed E-state index contributed by atoms with van der Waals surface area (Å²) < 4.78 is 0. The van der Waals surface area contributed by atoms with E-state index in [1.165, 1.54) is 31.4 Å². The van der Waals surface area contributed by atoms with Crippen LogP contribution < -0.4 is 5.32 Å². The number of thiophene rings is 1. The van der Waals surface area contributed by atoms with Gasteiger partial charge < -0.3 is 5.32 Å². The first-order chi connectivity index (χ1) is 13.2. The highest BCUT2D eigenvalue weighted by Crippen LogP contribution is 2.31. The van der Waals surface area contributed by atoms with E-state index in [-0.39, 0.29) is 22.7 Å². The van der Waals surface area contributed by atoms with E-state index in [1.54, 1.807) is 24.3 Å². The minimum absolute atomic E-state index is 0.150. The molecule has 2 heterocycles. The van der Waals surface area contributed by atoms with Gasteiger partial charge >= 0.3 is 5.00 Å². The summed E-state index contributed by atoms with van der Waals surface area (Å²) in [5.74, 6) is -1.81. The monoisotopic (exact) mass is 399 g/mol. The maximum absolute atomic E-state index is 13.0. The van der Waals surface area contributed by atoms with Crippen molar-refractivity contribution in [1.82, 2.24) is 10.2 Å². The van der Waals surface area contributed by atoms with Gasteiger partial charge in [0.25, 0.3) is 11.8 Å². The molecule has 0 radical (unpaired) electrons. The zero-order valence-electron chi connectivity index (χ0n) is 15.2. The number of hydrogen-bond donors (Lipinski definition) is 1. The lowest BCUT2D eigenvalue weighted by Gasteiger charge is -2.42. The van der Waals surface area contributed by atoms with Crippen LogP contribution in [0, 0.1) is 10.1 Å². The molecule has 1 aliphatic heterocycles. The Hall–Kier alpha value is -3.33. The van der Waals surface area contributed by atoms with Gasteiger partial charge in [0.15, 0.2) is 0 Å². The fourth-order valence-electron chi connectivity index (χ4n) is 3.22. The maximum atomic E-state index is 13.0. The third-order valence-corrected chi connectivity index (χ3v) is 5.39. The Morgan fingerprint density at radius 2 is 1.96 bits per heavy atom. The van der Waals surface area contributed by atoms with E-state index in [0.717, 1.165) is 21.8 Å². The van der Waals surface area contributed by atoms with Gasteiger partial charge in [-0.1, -0.05) is 41.7 Å². The van der Waals surface area contributed by atoms with Gasteiger partial charge in [0, 0.05) is 13.3 Å². The number of rotatable bonds is 4. The second-order valence-electron chi connectivity index (χ2n) is 6.55. The van der Waals surface area contributed by atoms with E-state index in [0.29, 0.717) is 0 Å². The van der Waals surface area contributed by atoms with Gasteiger partial charge in [-0.3, -0.25) is 29.4 Å². The second kappa shape index (κ2) is 7.35. The number of nitrogens with one attached hydrogen (secondary N) is 1. The summed E-state index contributed by atoms with van der Waals surface area (Å²) in [6, 6.07) is 10.5. The van der Waals surface area contributed by atoms with Crippen molar-refractivity contribution in [2.24, 2.45) is 0 Å². The van der Waals surface area contributed by atoms with Crippen LogP contribution in [0.2, 0.25) is 0 Å². The molecule has 0 bridgehead atoms. The Morgan fingerprint density at radius 3 is 2.57 bits per heavy atom. The zero-order valence-corrected chi connectivity index (χ0v) is 16.0. The van der Waals surface area contributed by atoms with Crippen LogP contribution in [0.1, 0.15) is 25.0 Å².